The third kappa shape index (κ3) is 16.3. The fourth-order valence-electron chi connectivity index (χ4n) is 16.8. The van der Waals surface area contributed by atoms with E-state index in [0.29, 0.717) is 52.4 Å². The Balaban J connectivity index is 0.000000114. The van der Waals surface area contributed by atoms with Crippen LogP contribution in [-0.2, 0) is 0 Å². The maximum atomic E-state index is 4.93. The Labute approximate surface area is 757 Å². The number of hydrogen-bond donors (Lipinski definition) is 0. The summed E-state index contributed by atoms with van der Waals surface area (Å²) in [6.45, 7) is 0. The minimum absolute atomic E-state index is 0.653. The molecule has 0 aliphatic carbocycles. The van der Waals surface area contributed by atoms with E-state index in [9.17, 15) is 0 Å². The number of nitrogens with zero attached hydrogens (tertiary/aromatic N) is 9. The highest BCUT2D eigenvalue weighted by molar-refractivity contribution is 7.27. The molecule has 12 heteroatoms. The van der Waals surface area contributed by atoms with Gasteiger partial charge in [-0.2, -0.15) is 0 Å². The molecule has 24 aromatic rings. The molecular weight excluding hydrogens is 1630 g/mol. The molecule has 0 aliphatic heterocycles. The Hall–Kier alpha value is -16.4. The molecule has 9 nitrogen and oxygen atoms in total. The highest BCUT2D eigenvalue weighted by Gasteiger charge is 2.21. The molecule has 606 valence electrons. The van der Waals surface area contributed by atoms with Gasteiger partial charge >= 0.3 is 0 Å². The molecule has 129 heavy (non-hydrogen) atoms. The van der Waals surface area contributed by atoms with Crippen molar-refractivity contribution in [1.82, 2.24) is 44.9 Å². The summed E-state index contributed by atoms with van der Waals surface area (Å²) in [4.78, 5) is 44.0. The molecule has 0 spiro atoms. The molecular formula is C117H75N9S3. The van der Waals surface area contributed by atoms with Crippen molar-refractivity contribution in [2.45, 2.75) is 0 Å². The van der Waals surface area contributed by atoms with Gasteiger partial charge in [0.2, 0.25) is 0 Å². The molecule has 0 radical (unpaired) electrons. The predicted octanol–water partition coefficient (Wildman–Crippen LogP) is 31.7. The summed E-state index contributed by atoms with van der Waals surface area (Å²) in [6.07, 6.45) is 0. The normalized spacial score (nSPS) is 11.3. The maximum absolute atomic E-state index is 4.93. The van der Waals surface area contributed by atoms with Crippen LogP contribution in [0, 0.1) is 0 Å². The molecule has 0 amide bonds. The van der Waals surface area contributed by atoms with Gasteiger partial charge in [-0.05, 0) is 109 Å². The second-order valence-corrected chi connectivity index (χ2v) is 34.6. The molecule has 6 aromatic heterocycles. The van der Waals surface area contributed by atoms with Crippen LogP contribution in [0.1, 0.15) is 0 Å². The average Bonchev–Trinajstić information content (AvgIpc) is 1.64. The van der Waals surface area contributed by atoms with Gasteiger partial charge in [0.1, 0.15) is 0 Å². The van der Waals surface area contributed by atoms with E-state index in [1.54, 1.807) is 0 Å². The fraction of sp³-hybridized carbons (Fsp3) is 0. The summed E-state index contributed by atoms with van der Waals surface area (Å²) < 4.78 is 7.94. The van der Waals surface area contributed by atoms with Gasteiger partial charge in [0.25, 0.3) is 0 Å². The Kier molecular flexibility index (Phi) is 21.5. The van der Waals surface area contributed by atoms with Crippen LogP contribution in [-0.4, -0.2) is 44.9 Å². The summed E-state index contributed by atoms with van der Waals surface area (Å²) in [7, 11) is 0. The van der Waals surface area contributed by atoms with Gasteiger partial charge in [-0.25, -0.2) is 44.9 Å². The summed E-state index contributed by atoms with van der Waals surface area (Å²) in [5, 5.41) is 7.90. The van der Waals surface area contributed by atoms with E-state index in [1.807, 2.05) is 216 Å². The number of aromatic nitrogens is 9. The molecule has 0 saturated carbocycles. The van der Waals surface area contributed by atoms with E-state index in [1.165, 1.54) is 99.5 Å². The Morgan fingerprint density at radius 2 is 0.295 bits per heavy atom. The van der Waals surface area contributed by atoms with Crippen molar-refractivity contribution in [3.8, 4) is 169 Å². The van der Waals surface area contributed by atoms with Gasteiger partial charge in [-0.15, -0.1) is 34.0 Å². The monoisotopic (exact) mass is 1700 g/mol. The van der Waals surface area contributed by atoms with Gasteiger partial charge in [0, 0.05) is 111 Å². The molecule has 18 aromatic carbocycles. The first-order chi connectivity index (χ1) is 63.9. The van der Waals surface area contributed by atoms with Crippen molar-refractivity contribution in [3.05, 3.63) is 455 Å². The predicted molar refractivity (Wildman–Crippen MR) is 540 cm³/mol. The lowest BCUT2D eigenvalue weighted by molar-refractivity contribution is 1.07. The first-order valence-electron chi connectivity index (χ1n) is 42.9. The van der Waals surface area contributed by atoms with Crippen LogP contribution >= 0.6 is 34.0 Å². The van der Waals surface area contributed by atoms with Crippen LogP contribution in [0.3, 0.4) is 0 Å². The molecule has 0 fully saturated rings. The van der Waals surface area contributed by atoms with E-state index in [-0.39, 0.29) is 0 Å². The first-order valence-corrected chi connectivity index (χ1v) is 45.3. The van der Waals surface area contributed by atoms with Crippen LogP contribution in [0.25, 0.3) is 230 Å². The van der Waals surface area contributed by atoms with Crippen LogP contribution in [0.5, 0.6) is 0 Å². The standard InChI is InChI=1S/3C39H25N3S/c1-3-12-26(13-4-1)37-40-38(27-14-5-2-6-15-27)42-39(41-37)31-19-10-17-29(25-31)28-16-9-18-30(24-28)32-21-11-22-34-33-20-7-8-23-35(33)43-36(32)34;1-3-11-28(12-4-1)37-40-38(29-13-5-2-6-14-29)42-39(41-37)31-16-9-15-30(25-31)26-21-23-27(24-22-26)32-18-10-19-34-33-17-7-8-20-35(33)43-36(32)34;1-3-11-27(12-4-1)37-40-38(28-13-5-2-6-14-28)42-39(41-37)29-23-21-26(22-24-29)30-15-9-16-31(25-30)32-18-10-19-34-33-17-7-8-20-35(33)43-36(32)34/h3*1-25H. The van der Waals surface area contributed by atoms with Gasteiger partial charge < -0.3 is 0 Å². The lowest BCUT2D eigenvalue weighted by Crippen LogP contribution is -2.00. The van der Waals surface area contributed by atoms with Crippen LogP contribution in [0.15, 0.2) is 455 Å². The molecule has 6 heterocycles. The lowest BCUT2D eigenvalue weighted by atomic mass is 9.97. The fourth-order valence-corrected chi connectivity index (χ4v) is 20.5. The Bertz CT molecular complexity index is 8040. The molecule has 0 aliphatic rings. The third-order valence-electron chi connectivity index (χ3n) is 23.2. The van der Waals surface area contributed by atoms with Gasteiger partial charge in [-0.1, -0.05) is 413 Å². The zero-order chi connectivity index (χ0) is 85.8. The number of fused-ring (bicyclic) bond motifs is 9. The first kappa shape index (κ1) is 78.6. The second-order valence-electron chi connectivity index (χ2n) is 31.4. The Morgan fingerprint density at radius 1 is 0.116 bits per heavy atom. The van der Waals surface area contributed by atoms with Crippen LogP contribution in [0.2, 0.25) is 0 Å². The minimum atomic E-state index is 0.653. The zero-order valence-corrected chi connectivity index (χ0v) is 72.0. The Morgan fingerprint density at radius 3 is 0.581 bits per heavy atom. The van der Waals surface area contributed by atoms with Crippen molar-refractivity contribution in [3.63, 3.8) is 0 Å². The summed E-state index contributed by atoms with van der Waals surface area (Å²) in [5.74, 6) is 5.94. The van der Waals surface area contributed by atoms with Crippen LogP contribution < -0.4 is 0 Å². The average molecular weight is 1700 g/mol. The minimum Gasteiger partial charge on any atom is -0.208 e. The van der Waals surface area contributed by atoms with Gasteiger partial charge in [0.05, 0.1) is 0 Å². The van der Waals surface area contributed by atoms with E-state index in [0.717, 1.165) is 77.9 Å². The zero-order valence-electron chi connectivity index (χ0n) is 69.6. The van der Waals surface area contributed by atoms with E-state index < -0.39 is 0 Å². The van der Waals surface area contributed by atoms with Crippen molar-refractivity contribution in [2.75, 3.05) is 0 Å². The molecule has 24 rings (SSSR count). The lowest BCUT2D eigenvalue weighted by Gasteiger charge is -2.10. The topological polar surface area (TPSA) is 116 Å². The maximum Gasteiger partial charge on any atom is 0.164 e. The van der Waals surface area contributed by atoms with E-state index in [4.69, 9.17) is 44.9 Å². The van der Waals surface area contributed by atoms with Crippen LogP contribution in [0.4, 0.5) is 0 Å². The molecule has 0 bridgehead atoms. The van der Waals surface area contributed by atoms with Crippen molar-refractivity contribution >= 4 is 94.5 Å². The molecule has 0 atom stereocenters. The van der Waals surface area contributed by atoms with E-state index in [2.05, 4.69) is 273 Å². The molecule has 0 unspecified atom stereocenters. The smallest absolute Gasteiger partial charge is 0.164 e. The number of hydrogen-bond acceptors (Lipinski definition) is 12. The van der Waals surface area contributed by atoms with Gasteiger partial charge in [-0.3, -0.25) is 0 Å². The summed E-state index contributed by atoms with van der Waals surface area (Å²) >= 11 is 5.59. The SMILES string of the molecule is c1ccc(-c2nc(-c3ccccc3)nc(-c3ccc(-c4cccc(-c5cccc6c5sc5ccccc56)c4)cc3)n2)cc1.c1ccc(-c2nc(-c3ccccc3)nc(-c3cccc(-c4ccc(-c5cccc6c5sc5ccccc56)cc4)c3)n2)cc1.c1ccc(-c2nc(-c3ccccc3)nc(-c3cccc(-c4cccc(-c5cccc6c5sc5ccccc56)c4)c3)n2)cc1. The number of benzene rings is 18. The van der Waals surface area contributed by atoms with Gasteiger partial charge in [0.15, 0.2) is 52.4 Å². The van der Waals surface area contributed by atoms with Crippen molar-refractivity contribution in [2.24, 2.45) is 0 Å². The van der Waals surface area contributed by atoms with Crippen molar-refractivity contribution in [1.29, 1.82) is 0 Å². The van der Waals surface area contributed by atoms with E-state index >= 15 is 0 Å². The molecule has 0 saturated heterocycles. The van der Waals surface area contributed by atoms with Crippen molar-refractivity contribution < 1.29 is 0 Å². The number of thiophene rings is 3. The molecule has 0 N–H and O–H groups in total. The third-order valence-corrected chi connectivity index (χ3v) is 26.9. The number of rotatable bonds is 15. The highest BCUT2D eigenvalue weighted by Crippen LogP contribution is 2.45. The quantitative estimate of drug-likeness (QED) is 0.0989. The summed E-state index contributed by atoms with van der Waals surface area (Å²) in [5.41, 5.74) is 22.9. The second kappa shape index (κ2) is 35.3. The highest BCUT2D eigenvalue weighted by atomic mass is 32.1. The summed E-state index contributed by atoms with van der Waals surface area (Å²) in [6, 6.07) is 158. The largest absolute Gasteiger partial charge is 0.208 e.